The van der Waals surface area contributed by atoms with E-state index in [9.17, 15) is 0 Å². The highest BCUT2D eigenvalue weighted by Crippen LogP contribution is 2.32. The molecule has 0 bridgehead atoms. The number of methoxy groups -OCH3 is 1. The topological polar surface area (TPSA) is 38.5 Å². The Morgan fingerprint density at radius 1 is 1.37 bits per heavy atom. The van der Waals surface area contributed by atoms with Crippen LogP contribution in [0.15, 0.2) is 24.3 Å². The van der Waals surface area contributed by atoms with Crippen LogP contribution in [0.3, 0.4) is 0 Å². The summed E-state index contributed by atoms with van der Waals surface area (Å²) in [5.41, 5.74) is 9.25. The van der Waals surface area contributed by atoms with Crippen molar-refractivity contribution in [2.45, 2.75) is 38.3 Å². The molecule has 0 aliphatic carbocycles. The summed E-state index contributed by atoms with van der Waals surface area (Å²) in [7, 11) is 1.76. The molecule has 19 heavy (non-hydrogen) atoms. The molecule has 1 fully saturated rings. The minimum absolute atomic E-state index is 0.235. The van der Waals surface area contributed by atoms with Crippen LogP contribution in [-0.4, -0.2) is 37.7 Å². The standard InChI is InChI=1S/C16H26N2O/c1-3-13-7-4-5-8-14(13)16-15(17)9-6-10-18(16)11-12-19-2/h4-5,7-8,15-16H,3,6,9-12,17H2,1-2H3. The molecule has 1 aromatic carbocycles. The van der Waals surface area contributed by atoms with Crippen LogP contribution in [0, 0.1) is 0 Å². The minimum atomic E-state index is 0.235. The number of rotatable bonds is 5. The van der Waals surface area contributed by atoms with E-state index in [2.05, 4.69) is 36.1 Å². The lowest BCUT2D eigenvalue weighted by atomic mass is 9.87. The van der Waals surface area contributed by atoms with Crippen molar-refractivity contribution in [2.24, 2.45) is 5.73 Å². The van der Waals surface area contributed by atoms with Gasteiger partial charge in [0.2, 0.25) is 0 Å². The summed E-state index contributed by atoms with van der Waals surface area (Å²) in [5, 5.41) is 0. The number of aryl methyl sites for hydroxylation is 1. The van der Waals surface area contributed by atoms with Crippen molar-refractivity contribution in [3.63, 3.8) is 0 Å². The van der Waals surface area contributed by atoms with Crippen LogP contribution in [0.1, 0.15) is 36.9 Å². The lowest BCUT2D eigenvalue weighted by molar-refractivity contribution is 0.0844. The van der Waals surface area contributed by atoms with Gasteiger partial charge in [0.15, 0.2) is 0 Å². The first kappa shape index (κ1) is 14.5. The van der Waals surface area contributed by atoms with Gasteiger partial charge in [0, 0.05) is 19.7 Å². The van der Waals surface area contributed by atoms with Crippen molar-refractivity contribution in [1.29, 1.82) is 0 Å². The maximum atomic E-state index is 6.41. The minimum Gasteiger partial charge on any atom is -0.383 e. The average molecular weight is 262 g/mol. The normalized spacial score (nSPS) is 24.6. The fourth-order valence-electron chi connectivity index (χ4n) is 3.13. The van der Waals surface area contributed by atoms with E-state index in [4.69, 9.17) is 10.5 Å². The van der Waals surface area contributed by atoms with E-state index in [0.29, 0.717) is 6.04 Å². The van der Waals surface area contributed by atoms with Crippen molar-refractivity contribution in [1.82, 2.24) is 4.90 Å². The molecular formula is C16H26N2O. The first-order valence-corrected chi connectivity index (χ1v) is 7.34. The van der Waals surface area contributed by atoms with E-state index in [1.807, 2.05) is 0 Å². The van der Waals surface area contributed by atoms with Crippen molar-refractivity contribution in [2.75, 3.05) is 26.8 Å². The zero-order valence-corrected chi connectivity index (χ0v) is 12.1. The Morgan fingerprint density at radius 3 is 2.89 bits per heavy atom. The molecule has 1 aliphatic heterocycles. The number of piperidine rings is 1. The summed E-state index contributed by atoms with van der Waals surface area (Å²) in [6, 6.07) is 9.30. The molecule has 0 radical (unpaired) electrons. The molecule has 1 saturated heterocycles. The van der Waals surface area contributed by atoms with Gasteiger partial charge in [-0.05, 0) is 36.9 Å². The van der Waals surface area contributed by atoms with Gasteiger partial charge in [0.05, 0.1) is 12.6 Å². The predicted octanol–water partition coefficient (Wildman–Crippen LogP) is 2.36. The SMILES string of the molecule is CCc1ccccc1C1C(N)CCCN1CCOC. The van der Waals surface area contributed by atoms with Gasteiger partial charge in [0.1, 0.15) is 0 Å². The maximum Gasteiger partial charge on any atom is 0.0589 e. The Kier molecular flexibility index (Phi) is 5.37. The van der Waals surface area contributed by atoms with Gasteiger partial charge in [-0.15, -0.1) is 0 Å². The largest absolute Gasteiger partial charge is 0.383 e. The lowest BCUT2D eigenvalue weighted by Crippen LogP contribution is -2.47. The quantitative estimate of drug-likeness (QED) is 0.885. The molecule has 106 valence electrons. The van der Waals surface area contributed by atoms with E-state index in [0.717, 1.165) is 32.5 Å². The summed E-state index contributed by atoms with van der Waals surface area (Å²) < 4.78 is 5.24. The first-order valence-electron chi connectivity index (χ1n) is 7.34. The van der Waals surface area contributed by atoms with Crippen LogP contribution in [0.5, 0.6) is 0 Å². The number of hydrogen-bond acceptors (Lipinski definition) is 3. The van der Waals surface area contributed by atoms with Gasteiger partial charge in [-0.25, -0.2) is 0 Å². The maximum absolute atomic E-state index is 6.41. The highest BCUT2D eigenvalue weighted by molar-refractivity contribution is 5.31. The summed E-state index contributed by atoms with van der Waals surface area (Å²) in [5.74, 6) is 0. The monoisotopic (exact) mass is 262 g/mol. The Bertz CT molecular complexity index is 394. The number of hydrogen-bond donors (Lipinski definition) is 1. The summed E-state index contributed by atoms with van der Waals surface area (Å²) >= 11 is 0. The fourth-order valence-corrected chi connectivity index (χ4v) is 3.13. The van der Waals surface area contributed by atoms with Crippen LogP contribution >= 0.6 is 0 Å². The molecule has 0 aromatic heterocycles. The number of nitrogens with two attached hydrogens (primary N) is 1. The fraction of sp³-hybridized carbons (Fsp3) is 0.625. The van der Waals surface area contributed by atoms with E-state index in [1.54, 1.807) is 7.11 Å². The molecular weight excluding hydrogens is 236 g/mol. The zero-order chi connectivity index (χ0) is 13.7. The Morgan fingerprint density at radius 2 is 2.16 bits per heavy atom. The molecule has 0 amide bonds. The molecule has 1 aromatic rings. The molecule has 2 atom stereocenters. The van der Waals surface area contributed by atoms with Gasteiger partial charge >= 0.3 is 0 Å². The third-order valence-corrected chi connectivity index (χ3v) is 4.12. The molecule has 1 aliphatic rings. The lowest BCUT2D eigenvalue weighted by Gasteiger charge is -2.40. The van der Waals surface area contributed by atoms with E-state index in [-0.39, 0.29) is 6.04 Å². The average Bonchev–Trinajstić information content (AvgIpc) is 2.45. The van der Waals surface area contributed by atoms with Crippen molar-refractivity contribution < 1.29 is 4.74 Å². The number of likely N-dealkylation sites (tertiary alicyclic amines) is 1. The van der Waals surface area contributed by atoms with E-state index >= 15 is 0 Å². The van der Waals surface area contributed by atoms with Crippen molar-refractivity contribution in [3.05, 3.63) is 35.4 Å². The van der Waals surface area contributed by atoms with E-state index < -0.39 is 0 Å². The number of ether oxygens (including phenoxy) is 1. The summed E-state index contributed by atoms with van der Waals surface area (Å²) in [6.45, 7) is 5.08. The highest BCUT2D eigenvalue weighted by atomic mass is 16.5. The second-order valence-electron chi connectivity index (χ2n) is 5.33. The highest BCUT2D eigenvalue weighted by Gasteiger charge is 2.30. The van der Waals surface area contributed by atoms with Crippen LogP contribution < -0.4 is 5.73 Å². The molecule has 2 rings (SSSR count). The third-order valence-electron chi connectivity index (χ3n) is 4.12. The van der Waals surface area contributed by atoms with Crippen LogP contribution in [0.25, 0.3) is 0 Å². The molecule has 0 saturated carbocycles. The van der Waals surface area contributed by atoms with E-state index in [1.165, 1.54) is 17.5 Å². The van der Waals surface area contributed by atoms with Gasteiger partial charge in [-0.3, -0.25) is 4.90 Å². The van der Waals surface area contributed by atoms with Gasteiger partial charge in [-0.1, -0.05) is 31.2 Å². The predicted molar refractivity (Wildman–Crippen MR) is 79.2 cm³/mol. The van der Waals surface area contributed by atoms with Crippen LogP contribution in [0.2, 0.25) is 0 Å². The Labute approximate surface area is 116 Å². The van der Waals surface area contributed by atoms with Crippen LogP contribution in [-0.2, 0) is 11.2 Å². The first-order chi connectivity index (χ1) is 9.27. The molecule has 1 heterocycles. The Hall–Kier alpha value is -0.900. The zero-order valence-electron chi connectivity index (χ0n) is 12.1. The summed E-state index contributed by atoms with van der Waals surface area (Å²) in [4.78, 5) is 2.49. The second kappa shape index (κ2) is 7.04. The van der Waals surface area contributed by atoms with Crippen molar-refractivity contribution >= 4 is 0 Å². The van der Waals surface area contributed by atoms with Gasteiger partial charge in [0.25, 0.3) is 0 Å². The summed E-state index contributed by atoms with van der Waals surface area (Å²) in [6.07, 6.45) is 3.37. The molecule has 3 nitrogen and oxygen atoms in total. The van der Waals surface area contributed by atoms with Gasteiger partial charge < -0.3 is 10.5 Å². The number of benzene rings is 1. The Balaban J connectivity index is 2.25. The molecule has 2 unspecified atom stereocenters. The van der Waals surface area contributed by atoms with Crippen LogP contribution in [0.4, 0.5) is 0 Å². The smallest absolute Gasteiger partial charge is 0.0589 e. The van der Waals surface area contributed by atoms with Crippen molar-refractivity contribution in [3.8, 4) is 0 Å². The number of nitrogens with zero attached hydrogens (tertiary/aromatic N) is 1. The molecule has 0 spiro atoms. The van der Waals surface area contributed by atoms with Gasteiger partial charge in [-0.2, -0.15) is 0 Å². The molecule has 3 heteroatoms. The third kappa shape index (κ3) is 3.35. The second-order valence-corrected chi connectivity index (χ2v) is 5.33. The molecule has 2 N–H and O–H groups in total.